The third-order valence-corrected chi connectivity index (χ3v) is 2.22. The number of carbonyl (C=O) groups is 1. The Labute approximate surface area is 85.0 Å². The second kappa shape index (κ2) is 4.82. The van der Waals surface area contributed by atoms with Crippen LogP contribution in [0, 0.1) is 0 Å². The lowest BCUT2D eigenvalue weighted by Gasteiger charge is -1.95. The lowest BCUT2D eigenvalue weighted by atomic mass is 10.2. The largest absolute Gasteiger partial charge is 0.481 e. The zero-order chi connectivity index (χ0) is 9.68. The molecule has 0 bridgehead atoms. The third kappa shape index (κ3) is 3.42. The van der Waals surface area contributed by atoms with E-state index in [1.54, 1.807) is 12.2 Å². The number of carboxylic acid groups (broad SMARTS) is 1. The van der Waals surface area contributed by atoms with Crippen LogP contribution in [0.4, 0.5) is 0 Å². The maximum Gasteiger partial charge on any atom is 0.307 e. The summed E-state index contributed by atoms with van der Waals surface area (Å²) >= 11 is 3.36. The maximum atomic E-state index is 10.2. The first kappa shape index (κ1) is 9.99. The summed E-state index contributed by atoms with van der Waals surface area (Å²) in [6.07, 6.45) is 3.47. The number of halogens is 1. The summed E-state index contributed by atoms with van der Waals surface area (Å²) in [7, 11) is 0. The predicted octanol–water partition coefficient (Wildman–Crippen LogP) is 2.94. The minimum absolute atomic E-state index is 0.0569. The SMILES string of the molecule is O=C(O)C/C=C/c1ccccc1Br. The second-order valence-corrected chi connectivity index (χ2v) is 3.38. The van der Waals surface area contributed by atoms with E-state index in [-0.39, 0.29) is 6.42 Å². The van der Waals surface area contributed by atoms with E-state index in [4.69, 9.17) is 5.11 Å². The predicted molar refractivity (Wildman–Crippen MR) is 55.4 cm³/mol. The highest BCUT2D eigenvalue weighted by molar-refractivity contribution is 9.10. The molecule has 68 valence electrons. The number of carboxylic acids is 1. The Morgan fingerprint density at radius 2 is 2.15 bits per heavy atom. The zero-order valence-corrected chi connectivity index (χ0v) is 8.49. The van der Waals surface area contributed by atoms with Crippen molar-refractivity contribution in [2.45, 2.75) is 6.42 Å². The summed E-state index contributed by atoms with van der Waals surface area (Å²) in [5, 5.41) is 8.40. The van der Waals surface area contributed by atoms with Crippen molar-refractivity contribution in [1.82, 2.24) is 0 Å². The van der Waals surface area contributed by atoms with Gasteiger partial charge in [-0.15, -0.1) is 0 Å². The number of aliphatic carboxylic acids is 1. The van der Waals surface area contributed by atoms with Crippen LogP contribution in [-0.4, -0.2) is 11.1 Å². The highest BCUT2D eigenvalue weighted by Gasteiger charge is 1.93. The van der Waals surface area contributed by atoms with Crippen LogP contribution in [0.5, 0.6) is 0 Å². The second-order valence-electron chi connectivity index (χ2n) is 2.52. The van der Waals surface area contributed by atoms with Crippen molar-refractivity contribution >= 4 is 28.0 Å². The van der Waals surface area contributed by atoms with E-state index < -0.39 is 5.97 Å². The minimum Gasteiger partial charge on any atom is -0.481 e. The van der Waals surface area contributed by atoms with Gasteiger partial charge in [0.15, 0.2) is 0 Å². The summed E-state index contributed by atoms with van der Waals surface area (Å²) < 4.78 is 0.969. The van der Waals surface area contributed by atoms with Gasteiger partial charge in [0, 0.05) is 4.47 Å². The first-order chi connectivity index (χ1) is 6.20. The number of hydrogen-bond acceptors (Lipinski definition) is 1. The van der Waals surface area contributed by atoms with Crippen molar-refractivity contribution in [3.05, 3.63) is 40.4 Å². The van der Waals surface area contributed by atoms with Gasteiger partial charge in [0.25, 0.3) is 0 Å². The van der Waals surface area contributed by atoms with E-state index in [9.17, 15) is 4.79 Å². The number of benzene rings is 1. The lowest BCUT2D eigenvalue weighted by molar-refractivity contribution is -0.135. The fourth-order valence-corrected chi connectivity index (χ4v) is 1.31. The van der Waals surface area contributed by atoms with Gasteiger partial charge in [-0.2, -0.15) is 0 Å². The van der Waals surface area contributed by atoms with E-state index >= 15 is 0 Å². The summed E-state index contributed by atoms with van der Waals surface area (Å²) in [5.74, 6) is -0.816. The standard InChI is InChI=1S/C10H9BrO2/c11-9-6-2-1-4-8(9)5-3-7-10(12)13/h1-6H,7H2,(H,12,13)/b5-3+. The van der Waals surface area contributed by atoms with Crippen LogP contribution in [0.25, 0.3) is 6.08 Å². The third-order valence-electron chi connectivity index (χ3n) is 1.50. The number of hydrogen-bond donors (Lipinski definition) is 1. The van der Waals surface area contributed by atoms with E-state index in [1.807, 2.05) is 24.3 Å². The fourth-order valence-electron chi connectivity index (χ4n) is 0.897. The molecule has 0 aromatic heterocycles. The molecule has 0 heterocycles. The Morgan fingerprint density at radius 3 is 2.77 bits per heavy atom. The topological polar surface area (TPSA) is 37.3 Å². The molecule has 0 unspecified atom stereocenters. The molecule has 0 radical (unpaired) electrons. The Kier molecular flexibility index (Phi) is 3.71. The quantitative estimate of drug-likeness (QED) is 0.883. The van der Waals surface area contributed by atoms with Gasteiger partial charge in [-0.3, -0.25) is 4.79 Å². The molecular weight excluding hydrogens is 232 g/mol. The molecule has 0 atom stereocenters. The van der Waals surface area contributed by atoms with Crippen molar-refractivity contribution in [3.8, 4) is 0 Å². The van der Waals surface area contributed by atoms with E-state index in [2.05, 4.69) is 15.9 Å². The molecule has 0 aliphatic carbocycles. The molecule has 2 nitrogen and oxygen atoms in total. The average Bonchev–Trinajstić information content (AvgIpc) is 2.08. The van der Waals surface area contributed by atoms with Crippen molar-refractivity contribution < 1.29 is 9.90 Å². The highest BCUT2D eigenvalue weighted by atomic mass is 79.9. The molecule has 0 aliphatic heterocycles. The minimum atomic E-state index is -0.816. The molecular formula is C10H9BrO2. The van der Waals surface area contributed by atoms with Crippen LogP contribution in [0.2, 0.25) is 0 Å². The first-order valence-electron chi connectivity index (χ1n) is 3.83. The summed E-state index contributed by atoms with van der Waals surface area (Å²) in [6.45, 7) is 0. The Bertz CT molecular complexity index is 331. The van der Waals surface area contributed by atoms with E-state index in [0.717, 1.165) is 10.0 Å². The molecule has 0 amide bonds. The smallest absolute Gasteiger partial charge is 0.307 e. The van der Waals surface area contributed by atoms with E-state index in [0.29, 0.717) is 0 Å². The van der Waals surface area contributed by atoms with Crippen LogP contribution in [0.3, 0.4) is 0 Å². The van der Waals surface area contributed by atoms with Crippen molar-refractivity contribution in [2.24, 2.45) is 0 Å². The van der Waals surface area contributed by atoms with Crippen LogP contribution in [0.15, 0.2) is 34.8 Å². The monoisotopic (exact) mass is 240 g/mol. The Balaban J connectivity index is 2.68. The summed E-state index contributed by atoms with van der Waals surface area (Å²) in [6, 6.07) is 7.66. The summed E-state index contributed by atoms with van der Waals surface area (Å²) in [5.41, 5.74) is 0.990. The molecule has 1 rings (SSSR count). The van der Waals surface area contributed by atoms with Crippen LogP contribution >= 0.6 is 15.9 Å². The van der Waals surface area contributed by atoms with Gasteiger partial charge in [-0.1, -0.05) is 46.3 Å². The van der Waals surface area contributed by atoms with Gasteiger partial charge in [0.05, 0.1) is 6.42 Å². The molecule has 13 heavy (non-hydrogen) atoms. The zero-order valence-electron chi connectivity index (χ0n) is 6.90. The molecule has 3 heteroatoms. The average molecular weight is 241 g/mol. The molecule has 0 aliphatic rings. The molecule has 1 N–H and O–H groups in total. The molecule has 0 spiro atoms. The normalized spacial score (nSPS) is 10.5. The van der Waals surface area contributed by atoms with E-state index in [1.165, 1.54) is 0 Å². The fraction of sp³-hybridized carbons (Fsp3) is 0.100. The van der Waals surface area contributed by atoms with Gasteiger partial charge < -0.3 is 5.11 Å². The van der Waals surface area contributed by atoms with Crippen LogP contribution in [0.1, 0.15) is 12.0 Å². The van der Waals surface area contributed by atoms with Crippen molar-refractivity contribution in [2.75, 3.05) is 0 Å². The van der Waals surface area contributed by atoms with Gasteiger partial charge in [0.2, 0.25) is 0 Å². The Morgan fingerprint density at radius 1 is 1.46 bits per heavy atom. The van der Waals surface area contributed by atoms with Gasteiger partial charge in [-0.05, 0) is 11.6 Å². The molecule has 0 saturated heterocycles. The van der Waals surface area contributed by atoms with Crippen LogP contribution < -0.4 is 0 Å². The lowest BCUT2D eigenvalue weighted by Crippen LogP contribution is -1.89. The number of rotatable bonds is 3. The first-order valence-corrected chi connectivity index (χ1v) is 4.62. The highest BCUT2D eigenvalue weighted by Crippen LogP contribution is 2.17. The van der Waals surface area contributed by atoms with Crippen LogP contribution in [-0.2, 0) is 4.79 Å². The Hall–Kier alpha value is -1.09. The maximum absolute atomic E-state index is 10.2. The van der Waals surface area contributed by atoms with Gasteiger partial charge in [-0.25, -0.2) is 0 Å². The molecule has 0 fully saturated rings. The van der Waals surface area contributed by atoms with Gasteiger partial charge >= 0.3 is 5.97 Å². The van der Waals surface area contributed by atoms with Crippen molar-refractivity contribution in [3.63, 3.8) is 0 Å². The molecule has 1 aromatic rings. The van der Waals surface area contributed by atoms with Gasteiger partial charge in [0.1, 0.15) is 0 Å². The molecule has 0 saturated carbocycles. The molecule has 1 aromatic carbocycles. The summed E-state index contributed by atoms with van der Waals surface area (Å²) in [4.78, 5) is 10.2. The van der Waals surface area contributed by atoms with Crippen molar-refractivity contribution in [1.29, 1.82) is 0 Å².